The Morgan fingerprint density at radius 1 is 0.755 bits per heavy atom. The zero-order valence-corrected chi connectivity index (χ0v) is 31.4. The van der Waals surface area contributed by atoms with E-state index < -0.39 is 6.04 Å². The van der Waals surface area contributed by atoms with Gasteiger partial charge in [0.25, 0.3) is 0 Å². The molecule has 0 aliphatic heterocycles. The van der Waals surface area contributed by atoms with Crippen LogP contribution in [0.5, 0.6) is 17.2 Å². The number of nitrogens with one attached hydrogen (secondary N) is 2. The Labute approximate surface area is 286 Å². The maximum Gasteiger partial charge on any atom is 0.157 e. The molecule has 0 spiro atoms. The summed E-state index contributed by atoms with van der Waals surface area (Å²) >= 11 is 0. The Balaban J connectivity index is 0.000000260. The zero-order valence-electron chi connectivity index (χ0n) is 29.0. The fourth-order valence-corrected chi connectivity index (χ4v) is 6.38. The number of ether oxygens (including phenoxy) is 3. The predicted octanol–water partition coefficient (Wildman–Crippen LogP) is 8.16. The van der Waals surface area contributed by atoms with Crippen LogP contribution in [-0.4, -0.2) is 40.6 Å². The third-order valence-corrected chi connectivity index (χ3v) is 9.03. The number of methoxy groups -OCH3 is 2. The van der Waals surface area contributed by atoms with Crippen molar-refractivity contribution in [2.45, 2.75) is 69.9 Å². The fraction of sp³-hybridized carbons (Fsp3) is 0.366. The molecule has 1 aliphatic rings. The van der Waals surface area contributed by atoms with E-state index in [1.54, 1.807) is 62.6 Å². The molecule has 266 valence electrons. The first kappa shape index (κ1) is 37.8. The Morgan fingerprint density at radius 2 is 1.31 bits per heavy atom. The van der Waals surface area contributed by atoms with Crippen molar-refractivity contribution in [3.63, 3.8) is 0 Å². The van der Waals surface area contributed by atoms with Crippen molar-refractivity contribution in [1.29, 1.82) is 0 Å². The van der Waals surface area contributed by atoms with Gasteiger partial charge >= 0.3 is 0 Å². The molecule has 2 N–H and O–H groups in total. The third-order valence-electron chi connectivity index (χ3n) is 9.03. The van der Waals surface area contributed by atoms with Gasteiger partial charge in [0.2, 0.25) is 0 Å². The van der Waals surface area contributed by atoms with E-state index in [0.29, 0.717) is 23.5 Å². The van der Waals surface area contributed by atoms with E-state index in [9.17, 15) is 9.59 Å². The van der Waals surface area contributed by atoms with Crippen LogP contribution in [0.25, 0.3) is 0 Å². The van der Waals surface area contributed by atoms with Gasteiger partial charge in [-0.15, -0.1) is 0 Å². The monoisotopic (exact) mass is 906 g/mol. The molecule has 1 amide bonds. The van der Waals surface area contributed by atoms with Gasteiger partial charge < -0.3 is 29.6 Å². The van der Waals surface area contributed by atoms with Crippen LogP contribution in [-0.2, 0) is 9.59 Å². The maximum atomic E-state index is 10.9. The van der Waals surface area contributed by atoms with Crippen LogP contribution in [0.1, 0.15) is 96.3 Å². The van der Waals surface area contributed by atoms with Crippen LogP contribution in [0.15, 0.2) is 91.0 Å². The van der Waals surface area contributed by atoms with Crippen molar-refractivity contribution in [3.05, 3.63) is 124 Å². The molecule has 0 bridgehead atoms. The Bertz CT molecular complexity index is 1540. The first-order chi connectivity index (χ1) is 23.5. The number of aryl methyl sites for hydroxylation is 1. The zero-order chi connectivity index (χ0) is 34.1. The minimum atomic E-state index is -0.441. The number of hydrogen-bond donors (Lipinski definition) is 2. The largest absolute Gasteiger partial charge is 0.520 e. The summed E-state index contributed by atoms with van der Waals surface area (Å²) in [6.45, 7) is 2.14. The van der Waals surface area contributed by atoms with E-state index in [1.165, 1.54) is 61.6 Å². The summed E-state index contributed by atoms with van der Waals surface area (Å²) < 4.78 is 15.8. The molecule has 0 radical (unpaired) electrons. The van der Waals surface area contributed by atoms with E-state index in [0.717, 1.165) is 17.0 Å². The number of carbonyl (C=O) groups excluding carboxylic acids is 2. The number of hydrogen-bond acceptors (Lipinski definition) is 6. The number of carbonyl (C=O) groups is 1. The quantitative estimate of drug-likeness (QED) is 0.0801. The van der Waals surface area contributed by atoms with E-state index in [-0.39, 0.29) is 12.6 Å². The molecule has 4 aromatic carbocycles. The Kier molecular flexibility index (Phi) is 15.4. The molecule has 1 fully saturated rings. The van der Waals surface area contributed by atoms with Gasteiger partial charge in [0.05, 0.1) is 26.3 Å². The van der Waals surface area contributed by atoms with Crippen LogP contribution in [0.2, 0.25) is 0 Å². The van der Waals surface area contributed by atoms with Crippen molar-refractivity contribution >= 4 is 12.7 Å². The molecule has 1 saturated carbocycles. The normalized spacial score (nSPS) is 14.3. The average molecular weight is 907 g/mol. The van der Waals surface area contributed by atoms with Gasteiger partial charge in [0, 0.05) is 11.6 Å². The van der Waals surface area contributed by atoms with Crippen molar-refractivity contribution in [3.8, 4) is 17.2 Å². The van der Waals surface area contributed by atoms with Crippen molar-refractivity contribution in [2.75, 3.05) is 27.9 Å². The fourth-order valence-electron chi connectivity index (χ4n) is 6.38. The second-order valence-electron chi connectivity index (χ2n) is 12.2. The summed E-state index contributed by atoms with van der Waals surface area (Å²) in [7, 11) is 5.17. The van der Waals surface area contributed by atoms with Gasteiger partial charge in [0.15, 0.2) is 6.29 Å². The maximum absolute atomic E-state index is 10.9. The van der Waals surface area contributed by atoms with Crippen molar-refractivity contribution in [1.82, 2.24) is 10.6 Å². The SMILES string of the molecule is CNC(c1ccc(C)cc1)c1ccc(C2CCCCCCC2)cc1.COc1ccc(C(N[C-]=O)c2ccc(OCC=O)cc2)c(OC)c1.[Fm]. The van der Waals surface area contributed by atoms with E-state index in [1.807, 2.05) is 13.1 Å². The Morgan fingerprint density at radius 3 is 1.86 bits per heavy atom. The number of rotatable bonds is 13. The van der Waals surface area contributed by atoms with Gasteiger partial charge in [-0.2, -0.15) is 6.41 Å². The summed E-state index contributed by atoms with van der Waals surface area (Å²) in [4.78, 5) is 21.3. The van der Waals surface area contributed by atoms with Crippen LogP contribution < -0.4 is 24.8 Å². The van der Waals surface area contributed by atoms with Gasteiger partial charge in [-0.05, 0) is 79.3 Å². The topological polar surface area (TPSA) is 85.9 Å². The first-order valence-corrected chi connectivity index (χ1v) is 16.9. The molecule has 1 aliphatic carbocycles. The molecular weight excluding hydrogens is 857 g/mol. The second kappa shape index (κ2) is 19.9. The standard InChI is InChI=1S/C23H31N.C18H18NO5.Fm/c1-18-10-12-21(13-11-18)23(24-2)22-16-14-20(15-17-22)19-8-6-4-3-5-7-9-19;1-22-15-7-8-16(17(11-15)23-2)18(19-12-21)13-3-5-14(6-4-13)24-10-9-20;/h10-17,19,23-24H,3-9H2,1-2H3;3-9,11,18H,10H2,1-2H3,(H,19,21);/q;-1;. The Hall–Kier alpha value is -5.62. The number of amides is 1. The van der Waals surface area contributed by atoms with E-state index in [4.69, 9.17) is 14.2 Å². The third kappa shape index (κ3) is 10.7. The minimum Gasteiger partial charge on any atom is -0.520 e. The number of benzene rings is 4. The van der Waals surface area contributed by atoms with Gasteiger partial charge in [-0.3, -0.25) is 4.79 Å². The summed E-state index contributed by atoms with van der Waals surface area (Å²) in [6.07, 6.45) is 12.2. The molecule has 0 saturated heterocycles. The molecule has 7 nitrogen and oxygen atoms in total. The summed E-state index contributed by atoms with van der Waals surface area (Å²) in [6, 6.07) is 30.5. The van der Waals surface area contributed by atoms with Gasteiger partial charge in [0.1, 0.15) is 23.9 Å². The molecule has 8 heteroatoms. The summed E-state index contributed by atoms with van der Waals surface area (Å²) in [5.74, 6) is 2.58. The molecule has 5 rings (SSSR count). The molecular formula is C41H49FmN2O5-. The molecule has 0 aromatic heterocycles. The van der Waals surface area contributed by atoms with Gasteiger partial charge in [-0.25, -0.2) is 0 Å². The van der Waals surface area contributed by atoms with Crippen molar-refractivity contribution < 1.29 is 23.8 Å². The van der Waals surface area contributed by atoms with Crippen LogP contribution >= 0.6 is 0 Å². The molecule has 2 unspecified atom stereocenters. The van der Waals surface area contributed by atoms with Gasteiger partial charge in [-0.1, -0.05) is 98.3 Å². The first-order valence-electron chi connectivity index (χ1n) is 16.9. The van der Waals surface area contributed by atoms with Crippen molar-refractivity contribution in [2.24, 2.45) is 0 Å². The van der Waals surface area contributed by atoms with Crippen LogP contribution in [0.4, 0.5) is 0 Å². The minimum absolute atomic E-state index is 0. The average Bonchev–Trinajstić information content (AvgIpc) is 3.11. The summed E-state index contributed by atoms with van der Waals surface area (Å²) in [5.41, 5.74) is 7.13. The number of aldehydes is 1. The predicted molar refractivity (Wildman–Crippen MR) is 192 cm³/mol. The second-order valence-corrected chi connectivity index (χ2v) is 12.2. The summed E-state index contributed by atoms with van der Waals surface area (Å²) in [5, 5.41) is 6.14. The van der Waals surface area contributed by atoms with Crippen LogP contribution in [0.3, 0.4) is 0 Å². The smallest absolute Gasteiger partial charge is 0.157 e. The molecule has 0 heterocycles. The molecule has 4 aromatic rings. The van der Waals surface area contributed by atoms with E-state index >= 15 is 0 Å². The van der Waals surface area contributed by atoms with Crippen LogP contribution in [0, 0.1) is 6.92 Å². The van der Waals surface area contributed by atoms with E-state index in [2.05, 4.69) is 66.1 Å². The molecule has 49 heavy (non-hydrogen) atoms. The molecule has 2 atom stereocenters.